The van der Waals surface area contributed by atoms with Gasteiger partial charge in [0.25, 0.3) is 5.91 Å². The highest BCUT2D eigenvalue weighted by molar-refractivity contribution is 6.31. The second kappa shape index (κ2) is 8.07. The molecule has 4 rings (SSSR count). The summed E-state index contributed by atoms with van der Waals surface area (Å²) < 4.78 is 5.77. The molecule has 2 aromatic carbocycles. The summed E-state index contributed by atoms with van der Waals surface area (Å²) in [5.41, 5.74) is 1.52. The number of fused-ring (bicyclic) bond motifs is 1. The summed E-state index contributed by atoms with van der Waals surface area (Å²) in [6, 6.07) is 14.2. The van der Waals surface area contributed by atoms with Crippen molar-refractivity contribution in [3.63, 3.8) is 0 Å². The number of benzene rings is 2. The monoisotopic (exact) mass is 396 g/mol. The van der Waals surface area contributed by atoms with Gasteiger partial charge in [0.1, 0.15) is 11.3 Å². The number of nitrogens with one attached hydrogen (secondary N) is 2. The minimum absolute atomic E-state index is 0.0842. The van der Waals surface area contributed by atoms with Gasteiger partial charge in [-0.15, -0.1) is 0 Å². The zero-order chi connectivity index (χ0) is 19.5. The first-order valence-corrected chi connectivity index (χ1v) is 9.86. The first-order valence-electron chi connectivity index (χ1n) is 9.48. The van der Waals surface area contributed by atoms with Crippen molar-refractivity contribution in [1.29, 1.82) is 0 Å². The highest BCUT2D eigenvalue weighted by atomic mass is 35.5. The summed E-state index contributed by atoms with van der Waals surface area (Å²) >= 11 is 5.99. The number of hydrogen-bond acceptors (Lipinski definition) is 3. The normalized spacial score (nSPS) is 14.3. The van der Waals surface area contributed by atoms with Crippen LogP contribution in [0, 0.1) is 5.92 Å². The van der Waals surface area contributed by atoms with Gasteiger partial charge in [-0.3, -0.25) is 9.59 Å². The SMILES string of the molecule is O=C(CC1CCCC1)Nc1c(C(=O)Nc2cccc(Cl)c2)oc2ccccc12. The maximum atomic E-state index is 12.8. The Hall–Kier alpha value is -2.79. The number of hydrogen-bond donors (Lipinski definition) is 2. The van der Waals surface area contributed by atoms with Crippen LogP contribution in [0.2, 0.25) is 5.02 Å². The van der Waals surface area contributed by atoms with E-state index in [9.17, 15) is 9.59 Å². The van der Waals surface area contributed by atoms with Crippen LogP contribution in [0.25, 0.3) is 11.0 Å². The van der Waals surface area contributed by atoms with E-state index < -0.39 is 5.91 Å². The Kier molecular flexibility index (Phi) is 5.35. The highest BCUT2D eigenvalue weighted by Crippen LogP contribution is 2.33. The van der Waals surface area contributed by atoms with Gasteiger partial charge in [-0.05, 0) is 49.1 Å². The van der Waals surface area contributed by atoms with Gasteiger partial charge in [0.15, 0.2) is 0 Å². The summed E-state index contributed by atoms with van der Waals surface area (Å²) in [4.78, 5) is 25.4. The van der Waals surface area contributed by atoms with Crippen LogP contribution in [-0.2, 0) is 4.79 Å². The number of carbonyl (C=O) groups is 2. The number of anilines is 2. The topological polar surface area (TPSA) is 71.3 Å². The molecule has 0 saturated heterocycles. The molecular formula is C22H21ClN2O3. The van der Waals surface area contributed by atoms with Crippen LogP contribution in [0.1, 0.15) is 42.7 Å². The van der Waals surface area contributed by atoms with Crippen LogP contribution in [0.3, 0.4) is 0 Å². The minimum Gasteiger partial charge on any atom is -0.449 e. The lowest BCUT2D eigenvalue weighted by Gasteiger charge is -2.10. The zero-order valence-corrected chi connectivity index (χ0v) is 16.1. The van der Waals surface area contributed by atoms with Crippen molar-refractivity contribution in [3.8, 4) is 0 Å². The van der Waals surface area contributed by atoms with Crippen LogP contribution in [-0.4, -0.2) is 11.8 Å². The molecule has 0 bridgehead atoms. The Morgan fingerprint density at radius 2 is 1.82 bits per heavy atom. The molecule has 0 atom stereocenters. The van der Waals surface area contributed by atoms with Gasteiger partial charge in [-0.1, -0.05) is 42.6 Å². The first kappa shape index (κ1) is 18.6. The first-order chi connectivity index (χ1) is 13.6. The van der Waals surface area contributed by atoms with Crippen LogP contribution in [0.15, 0.2) is 52.9 Å². The van der Waals surface area contributed by atoms with Gasteiger partial charge in [-0.2, -0.15) is 0 Å². The van der Waals surface area contributed by atoms with E-state index in [1.54, 1.807) is 30.3 Å². The quantitative estimate of drug-likeness (QED) is 0.567. The lowest BCUT2D eigenvalue weighted by Crippen LogP contribution is -2.18. The van der Waals surface area contributed by atoms with E-state index in [0.29, 0.717) is 39.7 Å². The second-order valence-corrected chi connectivity index (χ2v) is 7.61. The lowest BCUT2D eigenvalue weighted by atomic mass is 10.0. The van der Waals surface area contributed by atoms with Crippen molar-refractivity contribution in [3.05, 3.63) is 59.3 Å². The fourth-order valence-corrected chi connectivity index (χ4v) is 3.94. The Bertz CT molecular complexity index is 1020. The van der Waals surface area contributed by atoms with Gasteiger partial charge in [0.05, 0.1) is 0 Å². The third-order valence-corrected chi connectivity index (χ3v) is 5.33. The Labute approximate surface area is 168 Å². The van der Waals surface area contributed by atoms with Crippen LogP contribution in [0.5, 0.6) is 0 Å². The molecule has 6 heteroatoms. The van der Waals surface area contributed by atoms with E-state index in [1.807, 2.05) is 18.2 Å². The van der Waals surface area contributed by atoms with Crippen molar-refractivity contribution in [2.75, 3.05) is 10.6 Å². The summed E-state index contributed by atoms with van der Waals surface area (Å²) in [5, 5.41) is 6.93. The van der Waals surface area contributed by atoms with E-state index in [1.165, 1.54) is 12.8 Å². The molecule has 2 amide bonds. The molecule has 2 N–H and O–H groups in total. The van der Waals surface area contributed by atoms with E-state index in [0.717, 1.165) is 12.8 Å². The standard InChI is InChI=1S/C22H21ClN2O3/c23-15-8-5-9-16(13-15)24-22(27)21-20(17-10-3-4-11-18(17)28-21)25-19(26)12-14-6-1-2-7-14/h3-5,8-11,13-14H,1-2,6-7,12H2,(H,24,27)(H,25,26). The molecule has 144 valence electrons. The molecule has 1 aliphatic carbocycles. The van der Waals surface area contributed by atoms with Crippen LogP contribution >= 0.6 is 11.6 Å². The maximum Gasteiger partial charge on any atom is 0.293 e. The number of amides is 2. The number of carbonyl (C=O) groups excluding carboxylic acids is 2. The molecule has 0 radical (unpaired) electrons. The fourth-order valence-electron chi connectivity index (χ4n) is 3.75. The number of rotatable bonds is 5. The van der Waals surface area contributed by atoms with E-state index in [4.69, 9.17) is 16.0 Å². The smallest absolute Gasteiger partial charge is 0.293 e. The Morgan fingerprint density at radius 3 is 2.61 bits per heavy atom. The molecule has 1 aromatic heterocycles. The summed E-state index contributed by atoms with van der Waals surface area (Å²) in [7, 11) is 0. The van der Waals surface area contributed by atoms with Gasteiger partial charge < -0.3 is 15.1 Å². The minimum atomic E-state index is -0.436. The van der Waals surface area contributed by atoms with Crippen molar-refractivity contribution in [2.24, 2.45) is 5.92 Å². The van der Waals surface area contributed by atoms with Crippen molar-refractivity contribution >= 4 is 45.8 Å². The number of para-hydroxylation sites is 1. The average Bonchev–Trinajstić information content (AvgIpc) is 3.30. The molecule has 5 nitrogen and oxygen atoms in total. The van der Waals surface area contributed by atoms with Gasteiger partial charge in [0.2, 0.25) is 11.7 Å². The van der Waals surface area contributed by atoms with Crippen LogP contribution in [0.4, 0.5) is 11.4 Å². The maximum absolute atomic E-state index is 12.8. The summed E-state index contributed by atoms with van der Waals surface area (Å²) in [6.07, 6.45) is 5.00. The van der Waals surface area contributed by atoms with Crippen molar-refractivity contribution < 1.29 is 14.0 Å². The Balaban J connectivity index is 1.60. The fraction of sp³-hybridized carbons (Fsp3) is 0.273. The molecular weight excluding hydrogens is 376 g/mol. The molecule has 1 saturated carbocycles. The number of furan rings is 1. The highest BCUT2D eigenvalue weighted by Gasteiger charge is 2.24. The average molecular weight is 397 g/mol. The Morgan fingerprint density at radius 1 is 1.04 bits per heavy atom. The molecule has 3 aromatic rings. The molecule has 0 aliphatic heterocycles. The molecule has 1 aliphatic rings. The van der Waals surface area contributed by atoms with Gasteiger partial charge in [0, 0.05) is 22.5 Å². The van der Waals surface area contributed by atoms with E-state index in [-0.39, 0.29) is 11.7 Å². The van der Waals surface area contributed by atoms with Crippen molar-refractivity contribution in [1.82, 2.24) is 0 Å². The lowest BCUT2D eigenvalue weighted by molar-refractivity contribution is -0.117. The molecule has 28 heavy (non-hydrogen) atoms. The number of halogens is 1. The zero-order valence-electron chi connectivity index (χ0n) is 15.3. The van der Waals surface area contributed by atoms with E-state index >= 15 is 0 Å². The third-order valence-electron chi connectivity index (χ3n) is 5.10. The third kappa shape index (κ3) is 4.04. The largest absolute Gasteiger partial charge is 0.449 e. The second-order valence-electron chi connectivity index (χ2n) is 7.17. The molecule has 1 heterocycles. The van der Waals surface area contributed by atoms with Crippen LogP contribution < -0.4 is 10.6 Å². The predicted molar refractivity (Wildman–Crippen MR) is 111 cm³/mol. The molecule has 0 unspecified atom stereocenters. The predicted octanol–water partition coefficient (Wildman–Crippen LogP) is 5.86. The summed E-state index contributed by atoms with van der Waals surface area (Å²) in [6.45, 7) is 0. The summed E-state index contributed by atoms with van der Waals surface area (Å²) in [5.74, 6) is -0.0206. The van der Waals surface area contributed by atoms with Gasteiger partial charge >= 0.3 is 0 Å². The van der Waals surface area contributed by atoms with Gasteiger partial charge in [-0.25, -0.2) is 0 Å². The van der Waals surface area contributed by atoms with E-state index in [2.05, 4.69) is 10.6 Å². The van der Waals surface area contributed by atoms with Crippen molar-refractivity contribution in [2.45, 2.75) is 32.1 Å². The molecule has 1 fully saturated rings. The molecule has 0 spiro atoms.